The van der Waals surface area contributed by atoms with Gasteiger partial charge in [-0.15, -0.1) is 0 Å². The summed E-state index contributed by atoms with van der Waals surface area (Å²) >= 11 is 1.75. The number of benzene rings is 2. The van der Waals surface area contributed by atoms with Gasteiger partial charge >= 0.3 is 0 Å². The molecular formula is C22H24N4O3S2. The molecule has 1 aliphatic heterocycles. The van der Waals surface area contributed by atoms with E-state index in [1.54, 1.807) is 36.4 Å². The van der Waals surface area contributed by atoms with Crippen molar-refractivity contribution in [1.29, 1.82) is 0 Å². The van der Waals surface area contributed by atoms with Crippen molar-refractivity contribution < 1.29 is 13.2 Å². The van der Waals surface area contributed by atoms with Crippen molar-refractivity contribution in [2.75, 3.05) is 31.1 Å². The van der Waals surface area contributed by atoms with Crippen LogP contribution in [0.3, 0.4) is 0 Å². The first-order valence-corrected chi connectivity index (χ1v) is 12.7. The lowest BCUT2D eigenvalue weighted by molar-refractivity contribution is 0.0952. The van der Waals surface area contributed by atoms with Crippen molar-refractivity contribution in [3.05, 3.63) is 72.8 Å². The Hall–Kier alpha value is -2.62. The second-order valence-electron chi connectivity index (χ2n) is 7.18. The molecule has 4 rings (SSSR count). The van der Waals surface area contributed by atoms with Gasteiger partial charge in [-0.2, -0.15) is 16.1 Å². The van der Waals surface area contributed by atoms with Gasteiger partial charge in [-0.05, 0) is 29.3 Å². The second kappa shape index (κ2) is 9.67. The summed E-state index contributed by atoms with van der Waals surface area (Å²) in [4.78, 5) is 17.0. The average molecular weight is 457 g/mol. The lowest BCUT2D eigenvalue weighted by Gasteiger charge is -2.26. The molecule has 1 aliphatic rings. The normalized spacial score (nSPS) is 15.0. The van der Waals surface area contributed by atoms with E-state index in [2.05, 4.69) is 10.3 Å². The Morgan fingerprint density at radius 1 is 1.06 bits per heavy atom. The number of nitrogens with zero attached hydrogens (tertiary/aromatic N) is 3. The van der Waals surface area contributed by atoms with Crippen LogP contribution in [-0.4, -0.2) is 59.3 Å². The summed E-state index contributed by atoms with van der Waals surface area (Å²) in [5.74, 6) is 1.25. The van der Waals surface area contributed by atoms with E-state index in [0.717, 1.165) is 17.1 Å². The van der Waals surface area contributed by atoms with E-state index in [-0.39, 0.29) is 10.8 Å². The maximum Gasteiger partial charge on any atom is 0.251 e. The Kier molecular flexibility index (Phi) is 6.74. The number of aromatic nitrogens is 2. The molecule has 162 valence electrons. The largest absolute Gasteiger partial charge is 0.350 e. The molecule has 1 fully saturated rings. The van der Waals surface area contributed by atoms with Crippen molar-refractivity contribution in [1.82, 2.24) is 19.2 Å². The molecule has 31 heavy (non-hydrogen) atoms. The monoisotopic (exact) mass is 456 g/mol. The Morgan fingerprint density at radius 2 is 1.84 bits per heavy atom. The van der Waals surface area contributed by atoms with Crippen LogP contribution in [0.5, 0.6) is 0 Å². The predicted molar refractivity (Wildman–Crippen MR) is 123 cm³/mol. The van der Waals surface area contributed by atoms with Gasteiger partial charge in [0.05, 0.1) is 11.2 Å². The molecular weight excluding hydrogens is 432 g/mol. The topological polar surface area (TPSA) is 84.3 Å². The zero-order chi connectivity index (χ0) is 21.7. The molecule has 9 heteroatoms. The number of sulfonamides is 1. The van der Waals surface area contributed by atoms with Gasteiger partial charge in [-0.3, -0.25) is 4.79 Å². The zero-order valence-electron chi connectivity index (χ0n) is 17.0. The Bertz CT molecular complexity index is 1130. The van der Waals surface area contributed by atoms with E-state index in [9.17, 15) is 13.2 Å². The van der Waals surface area contributed by atoms with Gasteiger partial charge in [-0.1, -0.05) is 30.3 Å². The summed E-state index contributed by atoms with van der Waals surface area (Å²) in [7, 11) is -3.68. The minimum Gasteiger partial charge on any atom is -0.350 e. The summed E-state index contributed by atoms with van der Waals surface area (Å²) in [5, 5.41) is 2.87. The molecule has 0 spiro atoms. The maximum absolute atomic E-state index is 13.3. The van der Waals surface area contributed by atoms with Crippen LogP contribution in [0.25, 0.3) is 11.1 Å². The molecule has 3 aromatic rings. The molecule has 1 N–H and O–H groups in total. The van der Waals surface area contributed by atoms with Crippen LogP contribution >= 0.6 is 11.8 Å². The lowest BCUT2D eigenvalue weighted by Crippen LogP contribution is -2.38. The zero-order valence-corrected chi connectivity index (χ0v) is 18.6. The highest BCUT2D eigenvalue weighted by molar-refractivity contribution is 7.99. The van der Waals surface area contributed by atoms with E-state index >= 15 is 0 Å². The molecule has 1 saturated heterocycles. The minimum absolute atomic E-state index is 0.153. The molecule has 1 amide bonds. The van der Waals surface area contributed by atoms with E-state index in [0.29, 0.717) is 37.3 Å². The first-order valence-electron chi connectivity index (χ1n) is 10.1. The van der Waals surface area contributed by atoms with Crippen LogP contribution in [0.15, 0.2) is 72.1 Å². The fourth-order valence-electron chi connectivity index (χ4n) is 3.43. The highest BCUT2D eigenvalue weighted by Crippen LogP contribution is 2.27. The molecule has 0 bridgehead atoms. The van der Waals surface area contributed by atoms with Gasteiger partial charge in [0.2, 0.25) is 10.0 Å². The van der Waals surface area contributed by atoms with E-state index in [1.165, 1.54) is 10.4 Å². The van der Waals surface area contributed by atoms with Crippen molar-refractivity contribution in [3.63, 3.8) is 0 Å². The third-order valence-electron chi connectivity index (χ3n) is 5.10. The smallest absolute Gasteiger partial charge is 0.251 e. The number of hydrogen-bond acceptors (Lipinski definition) is 5. The highest BCUT2D eigenvalue weighted by Gasteiger charge is 2.27. The molecule has 0 unspecified atom stereocenters. The predicted octanol–water partition coefficient (Wildman–Crippen LogP) is 2.72. The van der Waals surface area contributed by atoms with Crippen LogP contribution in [0.4, 0.5) is 0 Å². The van der Waals surface area contributed by atoms with E-state index in [1.807, 2.05) is 41.1 Å². The van der Waals surface area contributed by atoms with Crippen LogP contribution in [0.1, 0.15) is 10.4 Å². The van der Waals surface area contributed by atoms with Gasteiger partial charge in [0, 0.05) is 55.6 Å². The number of carbonyl (C=O) groups is 1. The summed E-state index contributed by atoms with van der Waals surface area (Å²) in [6.45, 7) is 1.96. The summed E-state index contributed by atoms with van der Waals surface area (Å²) in [5.41, 5.74) is 1.89. The van der Waals surface area contributed by atoms with E-state index < -0.39 is 10.0 Å². The number of rotatable bonds is 7. The first kappa shape index (κ1) is 21.6. The molecule has 7 nitrogen and oxygen atoms in total. The maximum atomic E-state index is 13.3. The van der Waals surface area contributed by atoms with Crippen molar-refractivity contribution in [2.24, 2.45) is 0 Å². The van der Waals surface area contributed by atoms with Crippen LogP contribution in [0, 0.1) is 0 Å². The number of thioether (sulfide) groups is 1. The van der Waals surface area contributed by atoms with Gasteiger partial charge < -0.3 is 9.88 Å². The Morgan fingerprint density at radius 3 is 2.55 bits per heavy atom. The van der Waals surface area contributed by atoms with Gasteiger partial charge in [0.15, 0.2) is 0 Å². The van der Waals surface area contributed by atoms with Crippen molar-refractivity contribution in [3.8, 4) is 11.1 Å². The van der Waals surface area contributed by atoms with Crippen molar-refractivity contribution in [2.45, 2.75) is 11.4 Å². The summed E-state index contributed by atoms with van der Waals surface area (Å²) in [6.07, 6.45) is 5.19. The Balaban J connectivity index is 1.64. The van der Waals surface area contributed by atoms with Gasteiger partial charge in [-0.25, -0.2) is 13.4 Å². The van der Waals surface area contributed by atoms with Crippen molar-refractivity contribution >= 4 is 27.7 Å². The molecule has 0 radical (unpaired) electrons. The minimum atomic E-state index is -3.68. The molecule has 0 saturated carbocycles. The first-order chi connectivity index (χ1) is 15.0. The van der Waals surface area contributed by atoms with Gasteiger partial charge in [0.1, 0.15) is 0 Å². The van der Waals surface area contributed by atoms with Crippen LogP contribution in [-0.2, 0) is 16.6 Å². The Labute approximate surface area is 186 Å². The number of nitrogens with one attached hydrogen (secondary N) is 1. The average Bonchev–Trinajstić information content (AvgIpc) is 3.33. The summed E-state index contributed by atoms with van der Waals surface area (Å²) < 4.78 is 30.0. The van der Waals surface area contributed by atoms with E-state index in [4.69, 9.17) is 0 Å². The van der Waals surface area contributed by atoms with Crippen LogP contribution < -0.4 is 5.32 Å². The third kappa shape index (κ3) is 5.17. The van der Waals surface area contributed by atoms with Crippen LogP contribution in [0.2, 0.25) is 0 Å². The molecule has 2 aromatic carbocycles. The van der Waals surface area contributed by atoms with Gasteiger partial charge in [0.25, 0.3) is 5.91 Å². The number of amides is 1. The summed E-state index contributed by atoms with van der Waals surface area (Å²) in [6, 6.07) is 14.4. The fourth-order valence-corrected chi connectivity index (χ4v) is 6.08. The highest BCUT2D eigenvalue weighted by atomic mass is 32.2. The number of carbonyl (C=O) groups excluding carboxylic acids is 1. The molecule has 2 heterocycles. The standard InChI is InChI=1S/C22H24N4O3S2/c27-22(24-7-9-25-8-6-23-17-25)20-14-19(18-4-2-1-3-5-18)15-21(16-20)31(28,29)26-10-12-30-13-11-26/h1-6,8,14-17H,7,9-13H2,(H,24,27). The number of hydrogen-bond donors (Lipinski definition) is 1. The third-order valence-corrected chi connectivity index (χ3v) is 7.92. The molecule has 0 atom stereocenters. The number of imidazole rings is 1. The quantitative estimate of drug-likeness (QED) is 0.591. The fraction of sp³-hybridized carbons (Fsp3) is 0.273. The SMILES string of the molecule is O=C(NCCn1ccnc1)c1cc(-c2ccccc2)cc(S(=O)(=O)N2CCSCC2)c1. The lowest BCUT2D eigenvalue weighted by atomic mass is 10.0. The molecule has 1 aromatic heterocycles. The second-order valence-corrected chi connectivity index (χ2v) is 10.3. The molecule has 0 aliphatic carbocycles.